The number of guanidine groups is 1. The van der Waals surface area contributed by atoms with Gasteiger partial charge >= 0.3 is 0 Å². The topological polar surface area (TPSA) is 80.3 Å². The molecule has 4 N–H and O–H groups in total. The molecule has 6 heteroatoms. The van der Waals surface area contributed by atoms with Crippen LogP contribution in [0.2, 0.25) is 0 Å². The molecule has 1 aromatic rings. The van der Waals surface area contributed by atoms with Crippen molar-refractivity contribution in [1.82, 2.24) is 20.5 Å². The smallest absolute Gasteiger partial charge is 0.206 e. The van der Waals surface area contributed by atoms with Gasteiger partial charge < -0.3 is 5.32 Å². The highest BCUT2D eigenvalue weighted by Gasteiger charge is 2.13. The highest BCUT2D eigenvalue weighted by molar-refractivity contribution is 5.79. The van der Waals surface area contributed by atoms with E-state index in [2.05, 4.69) is 20.8 Å². The second-order valence-corrected chi connectivity index (χ2v) is 5.13. The van der Waals surface area contributed by atoms with E-state index in [1.807, 2.05) is 24.0 Å². The zero-order chi connectivity index (χ0) is 13.5. The van der Waals surface area contributed by atoms with Crippen LogP contribution >= 0.6 is 0 Å². The summed E-state index contributed by atoms with van der Waals surface area (Å²) in [6.07, 6.45) is 10.2. The van der Waals surface area contributed by atoms with Gasteiger partial charge in [-0.05, 0) is 25.3 Å². The quantitative estimate of drug-likeness (QED) is 0.327. The standard InChI is InChI=1S/C13H24N6/c1-11-9-16-19(10-11)8-7-15-13(18-14)17-12-5-3-2-4-6-12/h9-10,12H,2-8,14H2,1H3,(H2,15,17,18). The van der Waals surface area contributed by atoms with E-state index >= 15 is 0 Å². The fourth-order valence-corrected chi connectivity index (χ4v) is 2.43. The number of aryl methyl sites for hydroxylation is 1. The van der Waals surface area contributed by atoms with E-state index in [-0.39, 0.29) is 0 Å². The first kappa shape index (κ1) is 13.9. The zero-order valence-corrected chi connectivity index (χ0v) is 11.6. The van der Waals surface area contributed by atoms with E-state index in [1.165, 1.54) is 37.7 Å². The van der Waals surface area contributed by atoms with Gasteiger partial charge in [0.1, 0.15) is 0 Å². The van der Waals surface area contributed by atoms with Crippen LogP contribution < -0.4 is 16.6 Å². The lowest BCUT2D eigenvalue weighted by atomic mass is 9.96. The lowest BCUT2D eigenvalue weighted by Gasteiger charge is -2.24. The molecule has 1 aromatic heterocycles. The number of hydrazine groups is 1. The van der Waals surface area contributed by atoms with E-state index in [0.29, 0.717) is 18.5 Å². The van der Waals surface area contributed by atoms with Gasteiger partial charge in [0.05, 0.1) is 19.3 Å². The summed E-state index contributed by atoms with van der Waals surface area (Å²) in [5, 5.41) is 7.61. The molecule has 0 spiro atoms. The number of aromatic nitrogens is 2. The van der Waals surface area contributed by atoms with Gasteiger partial charge in [-0.3, -0.25) is 15.1 Å². The molecule has 0 saturated heterocycles. The minimum absolute atomic E-state index is 0.510. The number of nitrogens with zero attached hydrogens (tertiary/aromatic N) is 3. The summed E-state index contributed by atoms with van der Waals surface area (Å²) in [4.78, 5) is 4.45. The van der Waals surface area contributed by atoms with Gasteiger partial charge in [0.2, 0.25) is 5.96 Å². The Balaban J connectivity index is 1.77. The molecule has 2 rings (SSSR count). The van der Waals surface area contributed by atoms with Crippen molar-refractivity contribution in [3.8, 4) is 0 Å². The Labute approximate surface area is 114 Å². The normalized spacial score (nSPS) is 17.5. The maximum absolute atomic E-state index is 5.51. The van der Waals surface area contributed by atoms with E-state index in [1.54, 1.807) is 0 Å². The molecule has 1 aliphatic carbocycles. The Bertz CT molecular complexity index is 405. The summed E-state index contributed by atoms with van der Waals surface area (Å²) in [5.74, 6) is 6.20. The van der Waals surface area contributed by atoms with E-state index < -0.39 is 0 Å². The summed E-state index contributed by atoms with van der Waals surface area (Å²) < 4.78 is 1.90. The largest absolute Gasteiger partial charge is 0.353 e. The molecule has 0 amide bonds. The van der Waals surface area contributed by atoms with E-state index in [0.717, 1.165) is 6.54 Å². The minimum atomic E-state index is 0.510. The third-order valence-electron chi connectivity index (χ3n) is 3.44. The highest BCUT2D eigenvalue weighted by Crippen LogP contribution is 2.17. The molecule has 6 nitrogen and oxygen atoms in total. The summed E-state index contributed by atoms with van der Waals surface area (Å²) in [6.45, 7) is 3.47. The first-order valence-corrected chi connectivity index (χ1v) is 7.04. The predicted octanol–water partition coefficient (Wildman–Crippen LogP) is 0.933. The first-order valence-electron chi connectivity index (χ1n) is 7.04. The van der Waals surface area contributed by atoms with Gasteiger partial charge in [-0.15, -0.1) is 0 Å². The summed E-state index contributed by atoms with van der Waals surface area (Å²) >= 11 is 0. The van der Waals surface area contributed by atoms with Gasteiger partial charge in [-0.2, -0.15) is 5.10 Å². The van der Waals surface area contributed by atoms with E-state index in [9.17, 15) is 0 Å². The van der Waals surface area contributed by atoms with Crippen molar-refractivity contribution in [3.63, 3.8) is 0 Å². The van der Waals surface area contributed by atoms with Crippen molar-refractivity contribution >= 4 is 5.96 Å². The van der Waals surface area contributed by atoms with Crippen LogP contribution in [0.5, 0.6) is 0 Å². The fraction of sp³-hybridized carbons (Fsp3) is 0.692. The molecule has 1 saturated carbocycles. The van der Waals surface area contributed by atoms with Gasteiger partial charge in [-0.25, -0.2) is 5.84 Å². The second kappa shape index (κ2) is 7.13. The number of hydrogen-bond donors (Lipinski definition) is 3. The van der Waals surface area contributed by atoms with Crippen molar-refractivity contribution in [1.29, 1.82) is 0 Å². The zero-order valence-electron chi connectivity index (χ0n) is 11.6. The average molecular weight is 264 g/mol. The Morgan fingerprint density at radius 2 is 2.26 bits per heavy atom. The van der Waals surface area contributed by atoms with Crippen molar-refractivity contribution < 1.29 is 0 Å². The number of nitrogens with two attached hydrogens (primary N) is 1. The lowest BCUT2D eigenvalue weighted by Crippen LogP contribution is -2.47. The van der Waals surface area contributed by atoms with Crippen LogP contribution in [-0.4, -0.2) is 28.3 Å². The van der Waals surface area contributed by atoms with Crippen molar-refractivity contribution in [2.45, 2.75) is 51.6 Å². The maximum atomic E-state index is 5.51. The van der Waals surface area contributed by atoms with Crippen molar-refractivity contribution in [3.05, 3.63) is 18.0 Å². The lowest BCUT2D eigenvalue weighted by molar-refractivity contribution is 0.410. The van der Waals surface area contributed by atoms with E-state index in [4.69, 9.17) is 5.84 Å². The Morgan fingerprint density at radius 3 is 2.89 bits per heavy atom. The van der Waals surface area contributed by atoms with Crippen LogP contribution in [0.15, 0.2) is 17.4 Å². The molecule has 0 atom stereocenters. The predicted molar refractivity (Wildman–Crippen MR) is 76.6 cm³/mol. The maximum Gasteiger partial charge on any atom is 0.206 e. The second-order valence-electron chi connectivity index (χ2n) is 5.13. The van der Waals surface area contributed by atoms with Crippen molar-refractivity contribution in [2.24, 2.45) is 10.8 Å². The Kier molecular flexibility index (Phi) is 5.20. The van der Waals surface area contributed by atoms with Gasteiger partial charge in [0.25, 0.3) is 0 Å². The monoisotopic (exact) mass is 264 g/mol. The summed E-state index contributed by atoms with van der Waals surface area (Å²) in [7, 11) is 0. The molecule has 1 heterocycles. The molecule has 19 heavy (non-hydrogen) atoms. The molecule has 0 radical (unpaired) electrons. The van der Waals surface area contributed by atoms with Gasteiger partial charge in [0.15, 0.2) is 0 Å². The molecule has 0 bridgehead atoms. The molecule has 1 aliphatic rings. The van der Waals surface area contributed by atoms with Crippen molar-refractivity contribution in [2.75, 3.05) is 6.54 Å². The molecule has 0 aromatic carbocycles. The number of rotatable bonds is 4. The summed E-state index contributed by atoms with van der Waals surface area (Å²) in [6, 6.07) is 0.510. The van der Waals surface area contributed by atoms with Crippen LogP contribution in [0, 0.1) is 6.92 Å². The minimum Gasteiger partial charge on any atom is -0.353 e. The van der Waals surface area contributed by atoms with Crippen LogP contribution in [0.1, 0.15) is 37.7 Å². The number of aliphatic imine (C=N–C) groups is 1. The van der Waals surface area contributed by atoms with Crippen LogP contribution in [0.3, 0.4) is 0 Å². The molecule has 0 unspecified atom stereocenters. The molecule has 106 valence electrons. The van der Waals surface area contributed by atoms with Crippen LogP contribution in [0.25, 0.3) is 0 Å². The third kappa shape index (κ3) is 4.55. The molecular weight excluding hydrogens is 240 g/mol. The molecule has 1 fully saturated rings. The van der Waals surface area contributed by atoms with Crippen LogP contribution in [0.4, 0.5) is 0 Å². The van der Waals surface area contributed by atoms with Gasteiger partial charge in [-0.1, -0.05) is 19.3 Å². The molecular formula is C13H24N6. The fourth-order valence-electron chi connectivity index (χ4n) is 2.43. The Morgan fingerprint density at radius 1 is 1.47 bits per heavy atom. The Hall–Kier alpha value is -1.56. The SMILES string of the molecule is Cc1cnn(CCN=C(NN)NC2CCCCC2)c1. The third-order valence-corrected chi connectivity index (χ3v) is 3.44. The summed E-state index contributed by atoms with van der Waals surface area (Å²) in [5.41, 5.74) is 3.82. The molecule has 0 aliphatic heterocycles. The first-order chi connectivity index (χ1) is 9.28. The highest BCUT2D eigenvalue weighted by atomic mass is 15.3. The van der Waals surface area contributed by atoms with Gasteiger partial charge in [0, 0.05) is 12.2 Å². The van der Waals surface area contributed by atoms with Crippen LogP contribution in [-0.2, 0) is 6.54 Å². The number of hydrogen-bond acceptors (Lipinski definition) is 3. The number of nitrogens with one attached hydrogen (secondary N) is 2. The average Bonchev–Trinajstić information content (AvgIpc) is 2.84.